The van der Waals surface area contributed by atoms with Gasteiger partial charge < -0.3 is 4.57 Å². The Kier molecular flexibility index (Phi) is 6.40. The lowest BCUT2D eigenvalue weighted by Crippen LogP contribution is -2.30. The van der Waals surface area contributed by atoms with Crippen LogP contribution in [0, 0.1) is 0 Å². The van der Waals surface area contributed by atoms with Crippen molar-refractivity contribution in [2.24, 2.45) is 0 Å². The number of benzene rings is 7. The minimum absolute atomic E-state index is 0.678. The molecule has 1 aliphatic rings. The second-order valence-corrected chi connectivity index (χ2v) is 12.9. The molecule has 1 aliphatic carbocycles. The molecule has 2 heterocycles. The smallest absolute Gasteiger partial charge is 0.160 e. The minimum Gasteiger partial charge on any atom is -0.309 e. The van der Waals surface area contributed by atoms with Gasteiger partial charge in [-0.1, -0.05) is 164 Å². The number of para-hydroxylation sites is 2. The summed E-state index contributed by atoms with van der Waals surface area (Å²) in [5, 5.41) is 2.51. The maximum Gasteiger partial charge on any atom is 0.160 e. The molecule has 0 radical (unpaired) electrons. The number of nitrogens with zero attached hydrogens (tertiary/aromatic N) is 3. The first kappa shape index (κ1) is 28.4. The van der Waals surface area contributed by atoms with Gasteiger partial charge in [0, 0.05) is 33.2 Å². The Morgan fingerprint density at radius 2 is 0.940 bits per heavy atom. The molecule has 0 amide bonds. The van der Waals surface area contributed by atoms with Gasteiger partial charge >= 0.3 is 0 Å². The normalized spacial score (nSPS) is 14.9. The van der Waals surface area contributed by atoms with Crippen LogP contribution in [0.2, 0.25) is 0 Å². The molecule has 2 aromatic heterocycles. The van der Waals surface area contributed by atoms with E-state index in [2.05, 4.69) is 187 Å². The van der Waals surface area contributed by atoms with Gasteiger partial charge in [-0.2, -0.15) is 0 Å². The Morgan fingerprint density at radius 3 is 1.60 bits per heavy atom. The van der Waals surface area contributed by atoms with Crippen LogP contribution in [-0.2, 0) is 5.41 Å². The number of fused-ring (bicyclic) bond motifs is 6. The molecule has 1 unspecified atom stereocenters. The van der Waals surface area contributed by atoms with Crippen LogP contribution in [0.3, 0.4) is 0 Å². The highest BCUT2D eigenvalue weighted by molar-refractivity contribution is 6.09. The van der Waals surface area contributed by atoms with Gasteiger partial charge in [0.1, 0.15) is 0 Å². The molecule has 3 nitrogen and oxygen atoms in total. The Balaban J connectivity index is 1.29. The highest BCUT2D eigenvalue weighted by Gasteiger charge is 2.49. The minimum atomic E-state index is -0.678. The van der Waals surface area contributed by atoms with Crippen LogP contribution >= 0.6 is 0 Å². The molecule has 0 spiro atoms. The number of hydrogen-bond donors (Lipinski definition) is 0. The van der Waals surface area contributed by atoms with Gasteiger partial charge in [0.05, 0.1) is 27.8 Å². The first-order chi connectivity index (χ1) is 24.8. The summed E-state index contributed by atoms with van der Waals surface area (Å²) < 4.78 is 2.38. The van der Waals surface area contributed by atoms with Crippen molar-refractivity contribution in [1.29, 1.82) is 0 Å². The van der Waals surface area contributed by atoms with E-state index < -0.39 is 5.41 Å². The van der Waals surface area contributed by atoms with Crippen molar-refractivity contribution < 1.29 is 0 Å². The standard InChI is InChI=1S/C47H31N3/c1-4-16-32(17-5-1)44-43-39-24-10-13-25-40(39)47(34-20-8-3-9-21-34,45(43)49-46(48-44)33-18-6-2-7-19-33)35-28-30-36(31-29-35)50-41-26-14-11-22-37(41)38-23-12-15-27-42(38)50/h1-31H. The molecule has 234 valence electrons. The molecule has 50 heavy (non-hydrogen) atoms. The molecule has 3 heteroatoms. The fourth-order valence-electron chi connectivity index (χ4n) is 8.16. The molecule has 0 saturated heterocycles. The summed E-state index contributed by atoms with van der Waals surface area (Å²) in [6.07, 6.45) is 0. The highest BCUT2D eigenvalue weighted by Crippen LogP contribution is 2.57. The lowest BCUT2D eigenvalue weighted by atomic mass is 9.69. The summed E-state index contributed by atoms with van der Waals surface area (Å²) in [6, 6.07) is 67.1. The van der Waals surface area contributed by atoms with Crippen molar-refractivity contribution in [3.05, 3.63) is 210 Å². The quantitative estimate of drug-likeness (QED) is 0.188. The third kappa shape index (κ3) is 4.10. The van der Waals surface area contributed by atoms with E-state index in [4.69, 9.17) is 9.97 Å². The van der Waals surface area contributed by atoms with E-state index in [1.165, 1.54) is 32.9 Å². The summed E-state index contributed by atoms with van der Waals surface area (Å²) in [5.74, 6) is 0.721. The van der Waals surface area contributed by atoms with Crippen molar-refractivity contribution in [2.45, 2.75) is 5.41 Å². The molecule has 0 bridgehead atoms. The molecule has 10 rings (SSSR count). The Labute approximate surface area is 290 Å². The monoisotopic (exact) mass is 637 g/mol. The molecular weight excluding hydrogens is 607 g/mol. The maximum atomic E-state index is 5.57. The van der Waals surface area contributed by atoms with Gasteiger partial charge in [0.15, 0.2) is 5.82 Å². The molecule has 1 atom stereocenters. The number of hydrogen-bond acceptors (Lipinski definition) is 2. The third-order valence-corrected chi connectivity index (χ3v) is 10.3. The van der Waals surface area contributed by atoms with E-state index in [1.807, 2.05) is 6.07 Å². The summed E-state index contributed by atoms with van der Waals surface area (Å²) in [5.41, 5.74) is 12.7. The largest absolute Gasteiger partial charge is 0.309 e. The molecule has 7 aromatic carbocycles. The van der Waals surface area contributed by atoms with Gasteiger partial charge in [-0.15, -0.1) is 0 Å². The number of rotatable bonds is 5. The van der Waals surface area contributed by atoms with Gasteiger partial charge in [0.25, 0.3) is 0 Å². The SMILES string of the molecule is c1ccc(-c2nc(-c3ccccc3)c3c(n2)C(c2ccccc2)(c2ccc(-n4c5ccccc5c5ccccc54)cc2)c2ccccc2-3)cc1. The number of aromatic nitrogens is 3. The van der Waals surface area contributed by atoms with Crippen molar-refractivity contribution >= 4 is 21.8 Å². The zero-order valence-corrected chi connectivity index (χ0v) is 27.2. The van der Waals surface area contributed by atoms with E-state index in [-0.39, 0.29) is 0 Å². The van der Waals surface area contributed by atoms with E-state index in [0.29, 0.717) is 0 Å². The van der Waals surface area contributed by atoms with Crippen molar-refractivity contribution in [3.63, 3.8) is 0 Å². The maximum absolute atomic E-state index is 5.57. The van der Waals surface area contributed by atoms with E-state index in [9.17, 15) is 0 Å². The Hall–Kier alpha value is -6.58. The summed E-state index contributed by atoms with van der Waals surface area (Å²) in [6.45, 7) is 0. The molecule has 0 fully saturated rings. The fourth-order valence-corrected chi connectivity index (χ4v) is 8.16. The zero-order chi connectivity index (χ0) is 33.1. The van der Waals surface area contributed by atoms with Crippen LogP contribution in [0.5, 0.6) is 0 Å². The third-order valence-electron chi connectivity index (χ3n) is 10.3. The summed E-state index contributed by atoms with van der Waals surface area (Å²) in [4.78, 5) is 10.9. The van der Waals surface area contributed by atoms with Crippen LogP contribution in [0.25, 0.3) is 61.3 Å². The van der Waals surface area contributed by atoms with Crippen LogP contribution in [0.1, 0.15) is 22.4 Å². The van der Waals surface area contributed by atoms with Crippen LogP contribution in [0.4, 0.5) is 0 Å². The van der Waals surface area contributed by atoms with Gasteiger partial charge in [-0.3, -0.25) is 0 Å². The molecule has 9 aromatic rings. The molecule has 0 N–H and O–H groups in total. The second-order valence-electron chi connectivity index (χ2n) is 12.9. The molecular formula is C47H31N3. The lowest BCUT2D eigenvalue weighted by molar-refractivity contribution is 0.736. The Morgan fingerprint density at radius 1 is 0.420 bits per heavy atom. The summed E-state index contributed by atoms with van der Waals surface area (Å²) in [7, 11) is 0. The molecule has 0 aliphatic heterocycles. The van der Waals surface area contributed by atoms with E-state index in [1.54, 1.807) is 0 Å². The average Bonchev–Trinajstić information content (AvgIpc) is 3.70. The van der Waals surface area contributed by atoms with Crippen molar-refractivity contribution in [1.82, 2.24) is 14.5 Å². The Bertz CT molecular complexity index is 2620. The average molecular weight is 638 g/mol. The van der Waals surface area contributed by atoms with E-state index in [0.717, 1.165) is 50.7 Å². The lowest BCUT2D eigenvalue weighted by Gasteiger charge is -2.33. The fraction of sp³-hybridized carbons (Fsp3) is 0.0213. The van der Waals surface area contributed by atoms with Crippen LogP contribution < -0.4 is 0 Å². The van der Waals surface area contributed by atoms with Crippen LogP contribution in [0.15, 0.2) is 188 Å². The first-order valence-corrected chi connectivity index (χ1v) is 17.1. The zero-order valence-electron chi connectivity index (χ0n) is 27.2. The predicted octanol–water partition coefficient (Wildman–Crippen LogP) is 11.3. The first-order valence-electron chi connectivity index (χ1n) is 17.1. The highest BCUT2D eigenvalue weighted by atomic mass is 15.0. The topological polar surface area (TPSA) is 30.7 Å². The van der Waals surface area contributed by atoms with Gasteiger partial charge in [-0.05, 0) is 46.5 Å². The van der Waals surface area contributed by atoms with Crippen molar-refractivity contribution in [2.75, 3.05) is 0 Å². The van der Waals surface area contributed by atoms with E-state index >= 15 is 0 Å². The van der Waals surface area contributed by atoms with Gasteiger partial charge in [-0.25, -0.2) is 9.97 Å². The summed E-state index contributed by atoms with van der Waals surface area (Å²) >= 11 is 0. The predicted molar refractivity (Wildman–Crippen MR) is 205 cm³/mol. The molecule has 0 saturated carbocycles. The second kappa shape index (κ2) is 11.3. The van der Waals surface area contributed by atoms with Crippen LogP contribution in [-0.4, -0.2) is 14.5 Å². The van der Waals surface area contributed by atoms with Crippen molar-refractivity contribution in [3.8, 4) is 39.5 Å². The van der Waals surface area contributed by atoms with Gasteiger partial charge in [0.2, 0.25) is 0 Å².